The molecular formula is C20H30ClN5O. The topological polar surface area (TPSA) is 60.0 Å². The van der Waals surface area contributed by atoms with Gasteiger partial charge in [-0.3, -0.25) is 9.79 Å². The minimum absolute atomic E-state index is 0.166. The molecule has 0 atom stereocenters. The van der Waals surface area contributed by atoms with Gasteiger partial charge in [0.15, 0.2) is 5.96 Å². The Morgan fingerprint density at radius 3 is 2.67 bits per heavy atom. The first kappa shape index (κ1) is 19.8. The van der Waals surface area contributed by atoms with E-state index in [0.717, 1.165) is 63.0 Å². The first-order valence-electron chi connectivity index (χ1n) is 9.83. The van der Waals surface area contributed by atoms with Crippen molar-refractivity contribution in [2.24, 2.45) is 4.99 Å². The lowest BCUT2D eigenvalue weighted by atomic mass is 10.1. The number of amides is 1. The molecule has 27 heavy (non-hydrogen) atoms. The average molecular weight is 392 g/mol. The molecule has 1 aliphatic heterocycles. The summed E-state index contributed by atoms with van der Waals surface area (Å²) < 4.78 is 0. The zero-order valence-electron chi connectivity index (χ0n) is 16.3. The molecule has 1 saturated heterocycles. The van der Waals surface area contributed by atoms with E-state index in [1.54, 1.807) is 0 Å². The fourth-order valence-corrected chi connectivity index (χ4v) is 3.56. The van der Waals surface area contributed by atoms with Gasteiger partial charge in [0.1, 0.15) is 0 Å². The van der Waals surface area contributed by atoms with Gasteiger partial charge in [-0.2, -0.15) is 0 Å². The standard InChI is InChI=1S/C20H30ClN5O/c1-15-5-6-16(21)14-18(15)25-10-12-26(13-11-25)20(22-2)23-9-3-4-19(27)24-17-7-8-17/h5-6,14,17H,3-4,7-13H2,1-2H3,(H,22,23)(H,24,27). The van der Waals surface area contributed by atoms with E-state index in [0.29, 0.717) is 12.5 Å². The molecular weight excluding hydrogens is 362 g/mol. The van der Waals surface area contributed by atoms with Gasteiger partial charge < -0.3 is 20.4 Å². The number of halogens is 1. The molecule has 6 nitrogen and oxygen atoms in total. The molecule has 148 valence electrons. The molecule has 1 amide bonds. The normalized spacial score (nSPS) is 17.8. The summed E-state index contributed by atoms with van der Waals surface area (Å²) in [6.45, 7) is 6.58. The first-order valence-corrected chi connectivity index (χ1v) is 10.2. The van der Waals surface area contributed by atoms with Gasteiger partial charge in [-0.05, 0) is 43.9 Å². The van der Waals surface area contributed by atoms with Crippen LogP contribution >= 0.6 is 11.6 Å². The molecule has 2 aliphatic rings. The number of anilines is 1. The number of benzene rings is 1. The minimum atomic E-state index is 0.166. The summed E-state index contributed by atoms with van der Waals surface area (Å²) >= 11 is 6.17. The third-order valence-electron chi connectivity index (χ3n) is 5.11. The lowest BCUT2D eigenvalue weighted by molar-refractivity contribution is -0.121. The Labute approximate surface area is 167 Å². The van der Waals surface area contributed by atoms with Crippen LogP contribution in [0, 0.1) is 6.92 Å². The third kappa shape index (κ3) is 5.76. The maximum Gasteiger partial charge on any atom is 0.220 e. The predicted octanol–water partition coefficient (Wildman–Crippen LogP) is 2.40. The van der Waals surface area contributed by atoms with Crippen LogP contribution in [0.5, 0.6) is 0 Å². The Morgan fingerprint density at radius 2 is 2.00 bits per heavy atom. The summed E-state index contributed by atoms with van der Waals surface area (Å²) in [7, 11) is 1.82. The molecule has 7 heteroatoms. The molecule has 1 heterocycles. The Bertz CT molecular complexity index is 681. The van der Waals surface area contributed by atoms with E-state index in [2.05, 4.69) is 38.4 Å². The van der Waals surface area contributed by atoms with Gasteiger partial charge in [-0.15, -0.1) is 0 Å². The van der Waals surface area contributed by atoms with Crippen molar-refractivity contribution in [3.8, 4) is 0 Å². The van der Waals surface area contributed by atoms with Crippen LogP contribution in [-0.4, -0.2) is 62.6 Å². The van der Waals surface area contributed by atoms with E-state index in [4.69, 9.17) is 11.6 Å². The lowest BCUT2D eigenvalue weighted by Gasteiger charge is -2.38. The number of piperazine rings is 1. The van der Waals surface area contributed by atoms with Gasteiger partial charge in [0.2, 0.25) is 5.91 Å². The van der Waals surface area contributed by atoms with Crippen molar-refractivity contribution in [1.29, 1.82) is 0 Å². The first-order chi connectivity index (χ1) is 13.1. The van der Waals surface area contributed by atoms with Crippen LogP contribution in [0.25, 0.3) is 0 Å². The van der Waals surface area contributed by atoms with Crippen molar-refractivity contribution in [2.45, 2.75) is 38.6 Å². The predicted molar refractivity (Wildman–Crippen MR) is 112 cm³/mol. The van der Waals surface area contributed by atoms with Crippen molar-refractivity contribution >= 4 is 29.2 Å². The number of carbonyl (C=O) groups is 1. The van der Waals surface area contributed by atoms with E-state index in [1.165, 1.54) is 11.3 Å². The van der Waals surface area contributed by atoms with Gasteiger partial charge in [-0.1, -0.05) is 17.7 Å². The SMILES string of the molecule is CN=C(NCCCC(=O)NC1CC1)N1CCN(c2cc(Cl)ccc2C)CC1. The second-order valence-corrected chi connectivity index (χ2v) is 7.76. The van der Waals surface area contributed by atoms with Crippen LogP contribution in [0.3, 0.4) is 0 Å². The van der Waals surface area contributed by atoms with Gasteiger partial charge >= 0.3 is 0 Å². The Morgan fingerprint density at radius 1 is 1.26 bits per heavy atom. The molecule has 0 aromatic heterocycles. The maximum absolute atomic E-state index is 11.7. The van der Waals surface area contributed by atoms with Crippen molar-refractivity contribution in [3.63, 3.8) is 0 Å². The van der Waals surface area contributed by atoms with E-state index < -0.39 is 0 Å². The van der Waals surface area contributed by atoms with Crippen molar-refractivity contribution in [3.05, 3.63) is 28.8 Å². The van der Waals surface area contributed by atoms with Crippen LogP contribution in [-0.2, 0) is 4.79 Å². The molecule has 2 fully saturated rings. The largest absolute Gasteiger partial charge is 0.368 e. The molecule has 0 bridgehead atoms. The summed E-state index contributed by atoms with van der Waals surface area (Å²) in [6, 6.07) is 6.50. The second kappa shape index (κ2) is 9.31. The van der Waals surface area contributed by atoms with Gasteiger partial charge in [0, 0.05) is 62.9 Å². The van der Waals surface area contributed by atoms with Gasteiger partial charge in [-0.25, -0.2) is 0 Å². The highest BCUT2D eigenvalue weighted by Gasteiger charge is 2.23. The number of rotatable bonds is 6. The highest BCUT2D eigenvalue weighted by atomic mass is 35.5. The monoisotopic (exact) mass is 391 g/mol. The molecule has 1 aliphatic carbocycles. The number of aryl methyl sites for hydroxylation is 1. The van der Waals surface area contributed by atoms with Crippen molar-refractivity contribution < 1.29 is 4.79 Å². The summed E-state index contributed by atoms with van der Waals surface area (Å²) in [6.07, 6.45) is 3.66. The third-order valence-corrected chi connectivity index (χ3v) is 5.34. The van der Waals surface area contributed by atoms with Crippen molar-refractivity contribution in [1.82, 2.24) is 15.5 Å². The molecule has 1 aromatic rings. The molecule has 3 rings (SSSR count). The number of carbonyl (C=O) groups excluding carboxylic acids is 1. The summed E-state index contributed by atoms with van der Waals surface area (Å²) in [5.74, 6) is 1.08. The van der Waals surface area contributed by atoms with Crippen LogP contribution in [0.1, 0.15) is 31.2 Å². The Kier molecular flexibility index (Phi) is 6.83. The average Bonchev–Trinajstić information content (AvgIpc) is 3.48. The number of hydrogen-bond donors (Lipinski definition) is 2. The van der Waals surface area contributed by atoms with Crippen LogP contribution in [0.15, 0.2) is 23.2 Å². The van der Waals surface area contributed by atoms with Crippen LogP contribution in [0.2, 0.25) is 5.02 Å². The van der Waals surface area contributed by atoms with Crippen LogP contribution in [0.4, 0.5) is 5.69 Å². The van der Waals surface area contributed by atoms with Crippen molar-refractivity contribution in [2.75, 3.05) is 44.7 Å². The second-order valence-electron chi connectivity index (χ2n) is 7.32. The molecule has 2 N–H and O–H groups in total. The zero-order chi connectivity index (χ0) is 19.2. The van der Waals surface area contributed by atoms with Crippen LogP contribution < -0.4 is 15.5 Å². The highest BCUT2D eigenvalue weighted by molar-refractivity contribution is 6.30. The summed E-state index contributed by atoms with van der Waals surface area (Å²) in [5, 5.41) is 7.20. The summed E-state index contributed by atoms with van der Waals surface area (Å²) in [4.78, 5) is 20.8. The van der Waals surface area contributed by atoms with E-state index in [-0.39, 0.29) is 5.91 Å². The quantitative estimate of drug-likeness (QED) is 0.444. The van der Waals surface area contributed by atoms with Gasteiger partial charge in [0.25, 0.3) is 0 Å². The number of nitrogens with zero attached hydrogens (tertiary/aromatic N) is 3. The number of nitrogens with one attached hydrogen (secondary N) is 2. The molecule has 0 unspecified atom stereocenters. The van der Waals surface area contributed by atoms with E-state index in [1.807, 2.05) is 19.2 Å². The fourth-order valence-electron chi connectivity index (χ4n) is 3.39. The van der Waals surface area contributed by atoms with E-state index >= 15 is 0 Å². The maximum atomic E-state index is 11.7. The number of hydrogen-bond acceptors (Lipinski definition) is 3. The minimum Gasteiger partial charge on any atom is -0.368 e. The summed E-state index contributed by atoms with van der Waals surface area (Å²) in [5.41, 5.74) is 2.46. The highest BCUT2D eigenvalue weighted by Crippen LogP contribution is 2.25. The fraction of sp³-hybridized carbons (Fsp3) is 0.600. The molecule has 1 aromatic carbocycles. The molecule has 0 radical (unpaired) electrons. The Hall–Kier alpha value is -1.95. The molecule has 0 spiro atoms. The molecule has 1 saturated carbocycles. The number of guanidine groups is 1. The van der Waals surface area contributed by atoms with Gasteiger partial charge in [0.05, 0.1) is 0 Å². The lowest BCUT2D eigenvalue weighted by Crippen LogP contribution is -2.52. The smallest absolute Gasteiger partial charge is 0.220 e. The Balaban J connectivity index is 1.41. The zero-order valence-corrected chi connectivity index (χ0v) is 17.1. The number of aliphatic imine (C=N–C) groups is 1. The van der Waals surface area contributed by atoms with E-state index in [9.17, 15) is 4.79 Å².